The number of nitrogens with one attached hydrogen (secondary N) is 1. The molecule has 3 aromatic carbocycles. The second kappa shape index (κ2) is 8.75. The maximum Gasteiger partial charge on any atom is 0.254 e. The zero-order valence-corrected chi connectivity index (χ0v) is 18.2. The summed E-state index contributed by atoms with van der Waals surface area (Å²) in [7, 11) is 0. The van der Waals surface area contributed by atoms with Crippen LogP contribution in [0.1, 0.15) is 27.0 Å². The Morgan fingerprint density at radius 2 is 1.87 bits per heavy atom. The van der Waals surface area contributed by atoms with E-state index in [1.54, 1.807) is 35.2 Å². The fourth-order valence-corrected chi connectivity index (χ4v) is 4.17. The number of carbonyl (C=O) groups excluding carboxylic acids is 1. The van der Waals surface area contributed by atoms with Crippen molar-refractivity contribution in [2.45, 2.75) is 19.9 Å². The first kappa shape index (κ1) is 21.4. The van der Waals surface area contributed by atoms with Crippen LogP contribution in [0.5, 0.6) is 11.5 Å². The van der Waals surface area contributed by atoms with Crippen LogP contribution in [0.2, 0.25) is 10.0 Å². The third kappa shape index (κ3) is 4.46. The number of ether oxygens (including phenoxy) is 1. The number of rotatable bonds is 5. The normalized spacial score (nSPS) is 13.2. The number of nitrogen functional groups attached to an aromatic ring is 1. The predicted octanol–water partition coefficient (Wildman–Crippen LogP) is 5.72. The lowest BCUT2D eigenvalue weighted by Crippen LogP contribution is -2.37. The number of aryl methyl sites for hydroxylation is 1. The summed E-state index contributed by atoms with van der Waals surface area (Å²) in [6.07, 6.45) is 0.657. The van der Waals surface area contributed by atoms with E-state index in [9.17, 15) is 9.18 Å². The highest BCUT2D eigenvalue weighted by molar-refractivity contribution is 6.37. The topological polar surface area (TPSA) is 67.6 Å². The molecule has 0 radical (unpaired) electrons. The Labute approximate surface area is 189 Å². The van der Waals surface area contributed by atoms with Gasteiger partial charge in [0.1, 0.15) is 11.6 Å². The van der Waals surface area contributed by atoms with Gasteiger partial charge in [0.25, 0.3) is 5.91 Å². The van der Waals surface area contributed by atoms with Crippen molar-refractivity contribution in [1.82, 2.24) is 4.90 Å². The van der Waals surface area contributed by atoms with Crippen LogP contribution in [0, 0.1) is 12.7 Å². The number of nitrogens with two attached hydrogens (primary N) is 1. The summed E-state index contributed by atoms with van der Waals surface area (Å²) in [4.78, 5) is 14.7. The van der Waals surface area contributed by atoms with Crippen LogP contribution < -0.4 is 16.0 Å². The summed E-state index contributed by atoms with van der Waals surface area (Å²) in [5.41, 5.74) is 6.28. The average molecular weight is 460 g/mol. The number of halogens is 3. The fraction of sp³-hybridized carbons (Fsp3) is 0.174. The first-order valence-corrected chi connectivity index (χ1v) is 10.4. The Bertz CT molecular complexity index is 1150. The van der Waals surface area contributed by atoms with Crippen molar-refractivity contribution in [1.29, 1.82) is 0 Å². The molecule has 0 saturated heterocycles. The molecule has 0 spiro atoms. The standard InChI is InChI=1S/C23H20Cl2FN3O2/c1-13-2-3-16(26)8-15(13)12-29-7-6-14-9-18(4-5-19(14)23(29)30)31-22-20(24)10-17(28-27)11-21(22)25/h2-5,8-11,28H,6-7,12,27H2,1H3. The number of carbonyl (C=O) groups is 1. The van der Waals surface area contributed by atoms with Crippen LogP contribution in [0.4, 0.5) is 10.1 Å². The zero-order valence-electron chi connectivity index (χ0n) is 16.7. The SMILES string of the molecule is Cc1ccc(F)cc1CN1CCc2cc(Oc3c(Cl)cc(NN)cc3Cl)ccc2C1=O. The van der Waals surface area contributed by atoms with E-state index in [1.165, 1.54) is 12.1 Å². The summed E-state index contributed by atoms with van der Waals surface area (Å²) in [5, 5.41) is 0.622. The molecule has 4 rings (SSSR count). The van der Waals surface area contributed by atoms with Crippen molar-refractivity contribution >= 4 is 34.8 Å². The number of fused-ring (bicyclic) bond motifs is 1. The second-order valence-electron chi connectivity index (χ2n) is 7.38. The minimum absolute atomic E-state index is 0.0918. The van der Waals surface area contributed by atoms with Crippen molar-refractivity contribution in [2.24, 2.45) is 5.84 Å². The molecule has 1 amide bonds. The Hall–Kier alpha value is -2.80. The van der Waals surface area contributed by atoms with Crippen LogP contribution >= 0.6 is 23.2 Å². The smallest absolute Gasteiger partial charge is 0.254 e. The van der Waals surface area contributed by atoms with E-state index in [0.29, 0.717) is 52.3 Å². The van der Waals surface area contributed by atoms with Gasteiger partial charge in [-0.2, -0.15) is 0 Å². The third-order valence-electron chi connectivity index (χ3n) is 5.30. The van der Waals surface area contributed by atoms with E-state index in [4.69, 9.17) is 33.8 Å². The molecule has 160 valence electrons. The largest absolute Gasteiger partial charge is 0.454 e. The molecule has 31 heavy (non-hydrogen) atoms. The minimum Gasteiger partial charge on any atom is -0.454 e. The molecule has 0 aliphatic carbocycles. The molecule has 3 N–H and O–H groups in total. The molecule has 3 aromatic rings. The van der Waals surface area contributed by atoms with Gasteiger partial charge in [0.15, 0.2) is 5.75 Å². The number of benzene rings is 3. The van der Waals surface area contributed by atoms with Gasteiger partial charge in [-0.15, -0.1) is 0 Å². The quantitative estimate of drug-likeness (QED) is 0.378. The highest BCUT2D eigenvalue weighted by Crippen LogP contribution is 2.39. The van der Waals surface area contributed by atoms with Gasteiger partial charge in [-0.05, 0) is 72.5 Å². The lowest BCUT2D eigenvalue weighted by atomic mass is 9.97. The molecule has 0 saturated carbocycles. The average Bonchev–Trinajstić information content (AvgIpc) is 2.75. The lowest BCUT2D eigenvalue weighted by Gasteiger charge is -2.29. The lowest BCUT2D eigenvalue weighted by molar-refractivity contribution is 0.0726. The first-order valence-electron chi connectivity index (χ1n) is 9.66. The number of amides is 1. The molecule has 0 bridgehead atoms. The van der Waals surface area contributed by atoms with Gasteiger partial charge in [0, 0.05) is 18.7 Å². The second-order valence-corrected chi connectivity index (χ2v) is 8.20. The molecule has 1 heterocycles. The molecule has 0 aromatic heterocycles. The van der Waals surface area contributed by atoms with Gasteiger partial charge in [-0.1, -0.05) is 29.3 Å². The summed E-state index contributed by atoms with van der Waals surface area (Å²) in [5.74, 6) is 5.83. The summed E-state index contributed by atoms with van der Waals surface area (Å²) in [6.45, 7) is 2.81. The van der Waals surface area contributed by atoms with E-state index in [2.05, 4.69) is 5.43 Å². The highest BCUT2D eigenvalue weighted by Gasteiger charge is 2.25. The van der Waals surface area contributed by atoms with Gasteiger partial charge in [0.05, 0.1) is 15.7 Å². The van der Waals surface area contributed by atoms with Crippen LogP contribution in [0.3, 0.4) is 0 Å². The Balaban J connectivity index is 1.55. The zero-order chi connectivity index (χ0) is 22.1. The van der Waals surface area contributed by atoms with Crippen molar-refractivity contribution in [3.05, 3.63) is 86.6 Å². The number of nitrogens with zero attached hydrogens (tertiary/aromatic N) is 1. The molecular weight excluding hydrogens is 440 g/mol. The summed E-state index contributed by atoms with van der Waals surface area (Å²) < 4.78 is 19.5. The number of hydrazine groups is 1. The molecule has 1 aliphatic rings. The minimum atomic E-state index is -0.306. The van der Waals surface area contributed by atoms with Crippen LogP contribution in [0.25, 0.3) is 0 Å². The van der Waals surface area contributed by atoms with E-state index < -0.39 is 0 Å². The van der Waals surface area contributed by atoms with Gasteiger partial charge < -0.3 is 15.1 Å². The van der Waals surface area contributed by atoms with Crippen molar-refractivity contribution in [3.63, 3.8) is 0 Å². The molecule has 0 unspecified atom stereocenters. The Morgan fingerprint density at radius 1 is 1.13 bits per heavy atom. The van der Waals surface area contributed by atoms with E-state index in [-0.39, 0.29) is 11.7 Å². The summed E-state index contributed by atoms with van der Waals surface area (Å²) in [6, 6.07) is 13.1. The van der Waals surface area contributed by atoms with E-state index >= 15 is 0 Å². The van der Waals surface area contributed by atoms with Crippen LogP contribution in [-0.2, 0) is 13.0 Å². The summed E-state index contributed by atoms with van der Waals surface area (Å²) >= 11 is 12.5. The maximum atomic E-state index is 13.6. The monoisotopic (exact) mass is 459 g/mol. The van der Waals surface area contributed by atoms with E-state index in [1.807, 2.05) is 13.0 Å². The molecule has 0 atom stereocenters. The Morgan fingerprint density at radius 3 is 2.58 bits per heavy atom. The van der Waals surface area contributed by atoms with Gasteiger partial charge in [-0.3, -0.25) is 10.6 Å². The Kier molecular flexibility index (Phi) is 6.05. The van der Waals surface area contributed by atoms with Crippen molar-refractivity contribution < 1.29 is 13.9 Å². The molecule has 1 aliphatic heterocycles. The highest BCUT2D eigenvalue weighted by atomic mass is 35.5. The van der Waals surface area contributed by atoms with Gasteiger partial charge in [0.2, 0.25) is 0 Å². The first-order chi connectivity index (χ1) is 14.9. The van der Waals surface area contributed by atoms with Gasteiger partial charge in [-0.25, -0.2) is 4.39 Å². The number of hydrogen-bond donors (Lipinski definition) is 2. The van der Waals surface area contributed by atoms with Crippen molar-refractivity contribution in [3.8, 4) is 11.5 Å². The van der Waals surface area contributed by atoms with Crippen LogP contribution in [-0.4, -0.2) is 17.4 Å². The molecular formula is C23H20Cl2FN3O2. The van der Waals surface area contributed by atoms with Crippen molar-refractivity contribution in [2.75, 3.05) is 12.0 Å². The molecule has 0 fully saturated rings. The predicted molar refractivity (Wildman–Crippen MR) is 120 cm³/mol. The van der Waals surface area contributed by atoms with Gasteiger partial charge >= 0.3 is 0 Å². The third-order valence-corrected chi connectivity index (χ3v) is 5.86. The maximum absolute atomic E-state index is 13.6. The number of hydrogen-bond acceptors (Lipinski definition) is 4. The fourth-order valence-electron chi connectivity index (χ4n) is 3.60. The van der Waals surface area contributed by atoms with Crippen LogP contribution in [0.15, 0.2) is 48.5 Å². The molecule has 8 heteroatoms. The number of anilines is 1. The molecule has 5 nitrogen and oxygen atoms in total. The van der Waals surface area contributed by atoms with E-state index in [0.717, 1.165) is 16.7 Å².